The first kappa shape index (κ1) is 14.7. The van der Waals surface area contributed by atoms with E-state index in [2.05, 4.69) is 42.1 Å². The predicted octanol–water partition coefficient (Wildman–Crippen LogP) is 3.09. The van der Waals surface area contributed by atoms with Crippen molar-refractivity contribution < 1.29 is 9.47 Å². The minimum absolute atomic E-state index is 0.140. The highest BCUT2D eigenvalue weighted by molar-refractivity contribution is 9.11. The van der Waals surface area contributed by atoms with Gasteiger partial charge in [-0.2, -0.15) is 5.10 Å². The normalized spacial score (nSPS) is 10.2. The number of hydrogen-bond acceptors (Lipinski definition) is 5. The van der Waals surface area contributed by atoms with Crippen molar-refractivity contribution in [3.05, 3.63) is 38.9 Å². The molecule has 20 heavy (non-hydrogen) atoms. The molecule has 0 saturated heterocycles. The molecule has 0 spiro atoms. The second kappa shape index (κ2) is 6.19. The Bertz CT molecular complexity index is 664. The van der Waals surface area contributed by atoms with Crippen LogP contribution in [0.5, 0.6) is 17.4 Å². The smallest absolute Gasteiger partial charge is 0.249 e. The molecule has 0 aliphatic rings. The van der Waals surface area contributed by atoms with Crippen LogP contribution in [0.25, 0.3) is 0 Å². The lowest BCUT2D eigenvalue weighted by Gasteiger charge is -2.11. The Morgan fingerprint density at radius 2 is 1.90 bits per heavy atom. The first-order valence-electron chi connectivity index (χ1n) is 5.40. The number of nitrogens with two attached hydrogens (primary N) is 1. The van der Waals surface area contributed by atoms with Crippen molar-refractivity contribution in [2.45, 2.75) is 0 Å². The van der Waals surface area contributed by atoms with Gasteiger partial charge in [-0.15, -0.1) is 5.10 Å². The highest BCUT2D eigenvalue weighted by atomic mass is 79.9. The SMILES string of the molecule is COc1cc(Br)c(Oc2nnccc2C(=N)N)cc1Br. The molecule has 2 aromatic rings. The first-order valence-corrected chi connectivity index (χ1v) is 6.98. The summed E-state index contributed by atoms with van der Waals surface area (Å²) in [6.07, 6.45) is 1.45. The number of methoxy groups -OCH3 is 1. The van der Waals surface area contributed by atoms with Gasteiger partial charge in [0, 0.05) is 0 Å². The molecule has 0 amide bonds. The summed E-state index contributed by atoms with van der Waals surface area (Å²) >= 11 is 6.76. The number of nitrogens with zero attached hydrogens (tertiary/aromatic N) is 2. The van der Waals surface area contributed by atoms with Crippen LogP contribution in [-0.2, 0) is 0 Å². The average Bonchev–Trinajstić information content (AvgIpc) is 2.42. The molecule has 0 radical (unpaired) electrons. The van der Waals surface area contributed by atoms with E-state index < -0.39 is 0 Å². The molecule has 0 aliphatic carbocycles. The summed E-state index contributed by atoms with van der Waals surface area (Å²) in [5, 5.41) is 15.1. The lowest BCUT2D eigenvalue weighted by molar-refractivity contribution is 0.408. The van der Waals surface area contributed by atoms with E-state index >= 15 is 0 Å². The lowest BCUT2D eigenvalue weighted by atomic mass is 10.2. The fourth-order valence-electron chi connectivity index (χ4n) is 1.45. The Morgan fingerprint density at radius 3 is 2.55 bits per heavy atom. The molecule has 0 unspecified atom stereocenters. The molecule has 104 valence electrons. The van der Waals surface area contributed by atoms with Crippen molar-refractivity contribution in [3.63, 3.8) is 0 Å². The molecule has 0 aliphatic heterocycles. The van der Waals surface area contributed by atoms with E-state index in [0.29, 0.717) is 21.5 Å². The summed E-state index contributed by atoms with van der Waals surface area (Å²) in [7, 11) is 1.57. The molecular formula is C12H10Br2N4O2. The molecule has 1 aromatic carbocycles. The van der Waals surface area contributed by atoms with Gasteiger partial charge in [-0.25, -0.2) is 0 Å². The maximum absolute atomic E-state index is 7.49. The minimum Gasteiger partial charge on any atom is -0.496 e. The van der Waals surface area contributed by atoms with Crippen LogP contribution in [-0.4, -0.2) is 23.1 Å². The highest BCUT2D eigenvalue weighted by Gasteiger charge is 2.13. The molecule has 1 heterocycles. The number of nitrogens with one attached hydrogen (secondary N) is 1. The third-order valence-electron chi connectivity index (χ3n) is 2.39. The molecule has 2 rings (SSSR count). The van der Waals surface area contributed by atoms with Crippen LogP contribution in [0.3, 0.4) is 0 Å². The van der Waals surface area contributed by atoms with Crippen molar-refractivity contribution >= 4 is 37.7 Å². The van der Waals surface area contributed by atoms with Gasteiger partial charge < -0.3 is 15.2 Å². The van der Waals surface area contributed by atoms with Gasteiger partial charge in [-0.05, 0) is 50.1 Å². The number of rotatable bonds is 4. The lowest BCUT2D eigenvalue weighted by Crippen LogP contribution is -2.13. The highest BCUT2D eigenvalue weighted by Crippen LogP contribution is 2.38. The van der Waals surface area contributed by atoms with E-state index in [0.717, 1.165) is 4.47 Å². The van der Waals surface area contributed by atoms with Gasteiger partial charge in [0.15, 0.2) is 0 Å². The summed E-state index contributed by atoms with van der Waals surface area (Å²) in [5.74, 6) is 1.19. The zero-order valence-corrected chi connectivity index (χ0v) is 13.5. The van der Waals surface area contributed by atoms with E-state index in [-0.39, 0.29) is 11.7 Å². The molecule has 6 nitrogen and oxygen atoms in total. The number of aromatic nitrogens is 2. The molecule has 0 atom stereocenters. The summed E-state index contributed by atoms with van der Waals surface area (Å²) in [5.41, 5.74) is 5.85. The van der Waals surface area contributed by atoms with E-state index in [1.807, 2.05) is 0 Å². The van der Waals surface area contributed by atoms with Gasteiger partial charge in [-0.3, -0.25) is 5.41 Å². The predicted molar refractivity (Wildman–Crippen MR) is 81.5 cm³/mol. The standard InChI is InChI=1S/C12H10Br2N4O2/c1-19-9-4-8(14)10(5-7(9)13)20-12-6(11(15)16)2-3-17-18-12/h2-5H,1H3,(H3,15,16). The van der Waals surface area contributed by atoms with Crippen LogP contribution in [0, 0.1) is 5.41 Å². The zero-order chi connectivity index (χ0) is 14.7. The molecule has 8 heteroatoms. The first-order chi connectivity index (χ1) is 9.52. The van der Waals surface area contributed by atoms with E-state index in [1.54, 1.807) is 25.3 Å². The summed E-state index contributed by atoms with van der Waals surface area (Å²) < 4.78 is 12.2. The number of ether oxygens (including phenoxy) is 2. The van der Waals surface area contributed by atoms with Gasteiger partial charge in [0.2, 0.25) is 5.88 Å². The molecular weight excluding hydrogens is 392 g/mol. The average molecular weight is 402 g/mol. The van der Waals surface area contributed by atoms with E-state index in [9.17, 15) is 0 Å². The third-order valence-corrected chi connectivity index (χ3v) is 3.63. The quantitative estimate of drug-likeness (QED) is 0.606. The Kier molecular flexibility index (Phi) is 4.56. The maximum Gasteiger partial charge on any atom is 0.249 e. The van der Waals surface area contributed by atoms with E-state index in [4.69, 9.17) is 20.6 Å². The second-order valence-corrected chi connectivity index (χ2v) is 5.39. The fraction of sp³-hybridized carbons (Fsp3) is 0.0833. The number of nitrogen functional groups attached to an aromatic ring is 1. The largest absolute Gasteiger partial charge is 0.496 e. The molecule has 1 aromatic heterocycles. The maximum atomic E-state index is 7.49. The molecule has 0 bridgehead atoms. The van der Waals surface area contributed by atoms with Crippen molar-refractivity contribution in [2.75, 3.05) is 7.11 Å². The van der Waals surface area contributed by atoms with Crippen LogP contribution in [0.2, 0.25) is 0 Å². The Morgan fingerprint density at radius 1 is 1.25 bits per heavy atom. The van der Waals surface area contributed by atoms with Gasteiger partial charge in [0.25, 0.3) is 0 Å². The zero-order valence-electron chi connectivity index (χ0n) is 10.4. The topological polar surface area (TPSA) is 94.1 Å². The van der Waals surface area contributed by atoms with Crippen molar-refractivity contribution in [2.24, 2.45) is 5.73 Å². The number of benzene rings is 1. The van der Waals surface area contributed by atoms with Gasteiger partial charge >= 0.3 is 0 Å². The summed E-state index contributed by atoms with van der Waals surface area (Å²) in [6.45, 7) is 0. The summed E-state index contributed by atoms with van der Waals surface area (Å²) in [4.78, 5) is 0. The monoisotopic (exact) mass is 400 g/mol. The Labute approximate surface area is 132 Å². The van der Waals surface area contributed by atoms with Gasteiger partial charge in [-0.1, -0.05) is 0 Å². The van der Waals surface area contributed by atoms with Crippen molar-refractivity contribution in [1.29, 1.82) is 5.41 Å². The second-order valence-electron chi connectivity index (χ2n) is 3.68. The van der Waals surface area contributed by atoms with Gasteiger partial charge in [0.05, 0.1) is 27.8 Å². The molecule has 0 saturated carbocycles. The Hall–Kier alpha value is -1.67. The number of amidine groups is 1. The van der Waals surface area contributed by atoms with E-state index in [1.165, 1.54) is 6.20 Å². The third kappa shape index (κ3) is 3.07. The number of hydrogen-bond donors (Lipinski definition) is 2. The van der Waals surface area contributed by atoms with Gasteiger partial charge in [0.1, 0.15) is 17.3 Å². The fourth-order valence-corrected chi connectivity index (χ4v) is 2.34. The van der Waals surface area contributed by atoms with Crippen LogP contribution >= 0.6 is 31.9 Å². The van der Waals surface area contributed by atoms with Crippen LogP contribution in [0.15, 0.2) is 33.3 Å². The van der Waals surface area contributed by atoms with Crippen LogP contribution in [0.4, 0.5) is 0 Å². The van der Waals surface area contributed by atoms with Crippen LogP contribution in [0.1, 0.15) is 5.56 Å². The summed E-state index contributed by atoms with van der Waals surface area (Å²) in [6, 6.07) is 5.04. The minimum atomic E-state index is -0.140. The van der Waals surface area contributed by atoms with Crippen molar-refractivity contribution in [1.82, 2.24) is 10.2 Å². The van der Waals surface area contributed by atoms with Crippen molar-refractivity contribution in [3.8, 4) is 17.4 Å². The van der Waals surface area contributed by atoms with Crippen LogP contribution < -0.4 is 15.2 Å². The number of halogens is 2. The molecule has 0 fully saturated rings. The Balaban J connectivity index is 2.40. The molecule has 3 N–H and O–H groups in total.